The summed E-state index contributed by atoms with van der Waals surface area (Å²) in [5.41, 5.74) is 11.7. The first-order valence-corrected chi connectivity index (χ1v) is 17.1. The molecule has 3 N–H and O–H groups in total. The number of hydrogen-bond acceptors (Lipinski definition) is 5. The normalized spacial score (nSPS) is 15.5. The number of fused-ring (bicyclic) bond motifs is 1. The quantitative estimate of drug-likeness (QED) is 0.150. The number of unbranched alkanes of at least 4 members (excludes halogenated alkanes) is 1. The highest BCUT2D eigenvalue weighted by Crippen LogP contribution is 2.32. The molecule has 3 amide bonds. The van der Waals surface area contributed by atoms with Crippen molar-refractivity contribution in [2.75, 3.05) is 12.0 Å². The van der Waals surface area contributed by atoms with Gasteiger partial charge in [0.15, 0.2) is 0 Å². The Kier molecular flexibility index (Phi) is 11.6. The highest BCUT2D eigenvalue weighted by molar-refractivity contribution is 6.20. The zero-order valence-corrected chi connectivity index (χ0v) is 28.8. The van der Waals surface area contributed by atoms with Crippen molar-refractivity contribution in [3.05, 3.63) is 120 Å². The summed E-state index contributed by atoms with van der Waals surface area (Å²) < 4.78 is 5.33. The summed E-state index contributed by atoms with van der Waals surface area (Å²) in [6.07, 6.45) is 1.39. The Bertz CT molecular complexity index is 1780. The third kappa shape index (κ3) is 8.44. The van der Waals surface area contributed by atoms with Crippen molar-refractivity contribution in [3.8, 4) is 16.9 Å². The minimum atomic E-state index is -1.23. The maximum atomic E-state index is 14.7. The molecule has 3 atom stereocenters. The number of carbonyl (C=O) groups excluding carboxylic acids is 3. The Morgan fingerprint density at radius 3 is 2.24 bits per heavy atom. The third-order valence-corrected chi connectivity index (χ3v) is 9.01. The van der Waals surface area contributed by atoms with Gasteiger partial charge in [-0.15, -0.1) is 0 Å². The van der Waals surface area contributed by atoms with Crippen molar-refractivity contribution in [3.63, 3.8) is 0 Å². The SMILES string of the molecule is CCCCC(C(N)=O)C(CC(C)C)C(=O)NC1N=C(c2ccccc2)c2ccccc2N(Cc2cccc(-c3ccc(OC)cc3)c2)C1=O. The summed E-state index contributed by atoms with van der Waals surface area (Å²) in [5, 5.41) is 2.99. The van der Waals surface area contributed by atoms with Gasteiger partial charge >= 0.3 is 0 Å². The van der Waals surface area contributed by atoms with E-state index in [1.165, 1.54) is 0 Å². The van der Waals surface area contributed by atoms with Gasteiger partial charge in [0.25, 0.3) is 5.91 Å². The van der Waals surface area contributed by atoms with Crippen molar-refractivity contribution in [1.82, 2.24) is 5.32 Å². The van der Waals surface area contributed by atoms with Crippen LogP contribution in [0, 0.1) is 17.8 Å². The molecule has 4 aromatic rings. The van der Waals surface area contributed by atoms with Gasteiger partial charge in [-0.2, -0.15) is 0 Å². The monoisotopic (exact) mass is 658 g/mol. The number of anilines is 1. The number of primary amides is 1. The predicted octanol–water partition coefficient (Wildman–Crippen LogP) is 7.14. The summed E-state index contributed by atoms with van der Waals surface area (Å²) in [7, 11) is 1.64. The Morgan fingerprint density at radius 1 is 0.878 bits per heavy atom. The number of amides is 3. The van der Waals surface area contributed by atoms with E-state index in [4.69, 9.17) is 15.5 Å². The van der Waals surface area contributed by atoms with Crippen LogP contribution < -0.4 is 20.7 Å². The fraction of sp³-hybridized carbons (Fsp3) is 0.317. The van der Waals surface area contributed by atoms with E-state index in [9.17, 15) is 14.4 Å². The highest BCUT2D eigenvalue weighted by atomic mass is 16.5. The van der Waals surface area contributed by atoms with Crippen molar-refractivity contribution >= 4 is 29.1 Å². The van der Waals surface area contributed by atoms with Crippen molar-refractivity contribution < 1.29 is 19.1 Å². The molecule has 5 rings (SSSR count). The molecule has 254 valence electrons. The van der Waals surface area contributed by atoms with Crippen LogP contribution in [0.25, 0.3) is 11.1 Å². The van der Waals surface area contributed by atoms with Crippen LogP contribution in [-0.2, 0) is 20.9 Å². The lowest BCUT2D eigenvalue weighted by Crippen LogP contribution is -2.50. The fourth-order valence-electron chi connectivity index (χ4n) is 6.50. The number of para-hydroxylation sites is 1. The summed E-state index contributed by atoms with van der Waals surface area (Å²) in [6, 6.07) is 33.3. The molecule has 0 aliphatic carbocycles. The number of aliphatic imine (C=N–C) groups is 1. The van der Waals surface area contributed by atoms with Crippen LogP contribution in [0.1, 0.15) is 63.1 Å². The van der Waals surface area contributed by atoms with Gasteiger partial charge in [0.1, 0.15) is 5.75 Å². The molecule has 8 heteroatoms. The molecule has 1 aliphatic heterocycles. The molecule has 1 aliphatic rings. The average molecular weight is 659 g/mol. The second kappa shape index (κ2) is 16.2. The predicted molar refractivity (Wildman–Crippen MR) is 195 cm³/mol. The van der Waals surface area contributed by atoms with Gasteiger partial charge in [-0.1, -0.05) is 112 Å². The van der Waals surface area contributed by atoms with Crippen molar-refractivity contribution in [1.29, 1.82) is 0 Å². The van der Waals surface area contributed by atoms with E-state index in [0.717, 1.165) is 46.4 Å². The molecule has 49 heavy (non-hydrogen) atoms. The van der Waals surface area contributed by atoms with Gasteiger partial charge in [0.05, 0.1) is 25.1 Å². The number of nitrogens with two attached hydrogens (primary N) is 1. The average Bonchev–Trinajstić information content (AvgIpc) is 3.22. The highest BCUT2D eigenvalue weighted by Gasteiger charge is 2.37. The smallest absolute Gasteiger partial charge is 0.272 e. The molecule has 0 saturated heterocycles. The lowest BCUT2D eigenvalue weighted by molar-refractivity contribution is -0.136. The van der Waals surface area contributed by atoms with Crippen LogP contribution in [0.4, 0.5) is 5.69 Å². The second-order valence-corrected chi connectivity index (χ2v) is 13.0. The van der Waals surface area contributed by atoms with Gasteiger partial charge < -0.3 is 20.7 Å². The van der Waals surface area contributed by atoms with Crippen LogP contribution in [0.5, 0.6) is 5.75 Å². The van der Waals surface area contributed by atoms with Gasteiger partial charge in [-0.05, 0) is 59.7 Å². The molecule has 1 heterocycles. The second-order valence-electron chi connectivity index (χ2n) is 13.0. The Labute approximate surface area is 289 Å². The first kappa shape index (κ1) is 35.1. The molecular weight excluding hydrogens is 612 g/mol. The molecule has 0 radical (unpaired) electrons. The van der Waals surface area contributed by atoms with E-state index in [-0.39, 0.29) is 18.4 Å². The van der Waals surface area contributed by atoms with E-state index >= 15 is 0 Å². The zero-order chi connectivity index (χ0) is 34.9. The molecule has 0 fully saturated rings. The van der Waals surface area contributed by atoms with Gasteiger partial charge in [-0.3, -0.25) is 14.4 Å². The van der Waals surface area contributed by atoms with Gasteiger partial charge in [0.2, 0.25) is 18.0 Å². The molecular formula is C41H46N4O4. The van der Waals surface area contributed by atoms with Gasteiger partial charge in [0, 0.05) is 23.0 Å². The van der Waals surface area contributed by atoms with Crippen LogP contribution in [0.15, 0.2) is 108 Å². The number of benzodiazepines with no additional fused rings is 1. The maximum Gasteiger partial charge on any atom is 0.272 e. The molecule has 0 spiro atoms. The lowest BCUT2D eigenvalue weighted by atomic mass is 9.81. The van der Waals surface area contributed by atoms with Crippen LogP contribution in [0.3, 0.4) is 0 Å². The van der Waals surface area contributed by atoms with Crippen molar-refractivity contribution in [2.45, 2.75) is 59.2 Å². The first-order valence-electron chi connectivity index (χ1n) is 17.1. The summed E-state index contributed by atoms with van der Waals surface area (Å²) in [5.74, 6) is -1.68. The number of ether oxygens (including phenoxy) is 1. The zero-order valence-electron chi connectivity index (χ0n) is 28.8. The lowest BCUT2D eigenvalue weighted by Gasteiger charge is -2.29. The Balaban J connectivity index is 1.56. The minimum Gasteiger partial charge on any atom is -0.497 e. The Morgan fingerprint density at radius 2 is 1.57 bits per heavy atom. The van der Waals surface area contributed by atoms with Gasteiger partial charge in [-0.25, -0.2) is 4.99 Å². The van der Waals surface area contributed by atoms with E-state index in [0.29, 0.717) is 24.2 Å². The molecule has 4 aromatic carbocycles. The number of rotatable bonds is 14. The number of carbonyl (C=O) groups is 3. The van der Waals surface area contributed by atoms with Crippen molar-refractivity contribution in [2.24, 2.45) is 28.5 Å². The topological polar surface area (TPSA) is 114 Å². The molecule has 3 unspecified atom stereocenters. The fourth-order valence-corrected chi connectivity index (χ4v) is 6.50. The number of benzene rings is 4. The molecule has 0 saturated carbocycles. The Hall–Kier alpha value is -5.24. The van der Waals surface area contributed by atoms with E-state index in [2.05, 4.69) is 11.4 Å². The number of nitrogens with zero attached hydrogens (tertiary/aromatic N) is 2. The summed E-state index contributed by atoms with van der Waals surface area (Å²) >= 11 is 0. The first-order chi connectivity index (χ1) is 23.7. The molecule has 8 nitrogen and oxygen atoms in total. The largest absolute Gasteiger partial charge is 0.497 e. The number of methoxy groups -OCH3 is 1. The summed E-state index contributed by atoms with van der Waals surface area (Å²) in [4.78, 5) is 48.2. The minimum absolute atomic E-state index is 0.131. The van der Waals surface area contributed by atoms with E-state index < -0.39 is 29.8 Å². The molecule has 0 aromatic heterocycles. The third-order valence-electron chi connectivity index (χ3n) is 9.01. The van der Waals surface area contributed by atoms with Crippen LogP contribution >= 0.6 is 0 Å². The summed E-state index contributed by atoms with van der Waals surface area (Å²) in [6.45, 7) is 6.32. The van der Waals surface area contributed by atoms with Crippen LogP contribution in [0.2, 0.25) is 0 Å². The van der Waals surface area contributed by atoms with E-state index in [1.54, 1.807) is 12.0 Å². The van der Waals surface area contributed by atoms with Crippen LogP contribution in [-0.4, -0.2) is 36.7 Å². The van der Waals surface area contributed by atoms with E-state index in [1.807, 2.05) is 118 Å². The standard InChI is InChI=1S/C41H46N4O4/c1-5-6-17-33(38(42)46)35(24-27(2)3)40(47)44-39-41(48)45(26-28-13-12-16-31(25-28)29-20-22-32(49-4)23-21-29)36-19-11-10-18-34(36)37(43-39)30-14-8-7-9-15-30/h7-16,18-23,25,27,33,35,39H,5-6,17,24,26H2,1-4H3,(H2,42,46)(H,44,47). The maximum absolute atomic E-state index is 14.7. The number of hydrogen-bond donors (Lipinski definition) is 2. The molecule has 0 bridgehead atoms. The number of nitrogens with one attached hydrogen (secondary N) is 1.